The molecule has 2 N–H and O–H groups in total. The molecule has 118 valence electrons. The average molecular weight is 299 g/mol. The summed E-state index contributed by atoms with van der Waals surface area (Å²) in [4.78, 5) is 10.2. The van der Waals surface area contributed by atoms with Crippen molar-refractivity contribution in [1.29, 1.82) is 0 Å². The van der Waals surface area contributed by atoms with Gasteiger partial charge in [0.1, 0.15) is 18.5 Å². The molecular weight excluding hydrogens is 278 g/mol. The lowest BCUT2D eigenvalue weighted by molar-refractivity contribution is -0.385. The molecule has 0 heterocycles. The van der Waals surface area contributed by atoms with Gasteiger partial charge >= 0.3 is 0 Å². The van der Waals surface area contributed by atoms with E-state index in [0.717, 1.165) is 0 Å². The Morgan fingerprint density at radius 2 is 1.90 bits per heavy atom. The van der Waals surface area contributed by atoms with Gasteiger partial charge in [0.25, 0.3) is 5.69 Å². The van der Waals surface area contributed by atoms with E-state index in [2.05, 4.69) is 0 Å². The van der Waals surface area contributed by atoms with Gasteiger partial charge in [-0.25, -0.2) is 0 Å². The lowest BCUT2D eigenvalue weighted by Crippen LogP contribution is -2.25. The van der Waals surface area contributed by atoms with Gasteiger partial charge in [0.05, 0.1) is 23.7 Å². The number of nitro benzene ring substituents is 1. The third-order valence-corrected chi connectivity index (χ3v) is 2.71. The predicted molar refractivity (Wildman–Crippen MR) is 76.3 cm³/mol. The predicted octanol–water partition coefficient (Wildman–Crippen LogP) is 1.81. The summed E-state index contributed by atoms with van der Waals surface area (Å²) in [5, 5.41) is 30.1. The van der Waals surface area contributed by atoms with Crippen molar-refractivity contribution >= 4 is 5.69 Å². The van der Waals surface area contributed by atoms with Crippen LogP contribution in [0.15, 0.2) is 18.2 Å². The molecule has 0 aliphatic carbocycles. The van der Waals surface area contributed by atoms with E-state index >= 15 is 0 Å². The van der Waals surface area contributed by atoms with E-state index in [4.69, 9.17) is 9.47 Å². The first-order valence-corrected chi connectivity index (χ1v) is 6.70. The van der Waals surface area contributed by atoms with Crippen molar-refractivity contribution in [2.45, 2.75) is 39.1 Å². The van der Waals surface area contributed by atoms with Gasteiger partial charge in [-0.2, -0.15) is 0 Å². The molecule has 21 heavy (non-hydrogen) atoms. The standard InChI is InChI=1S/C14H21NO6/c1-9(2)20-7-12(17)8-21-14-5-4-11(15(18)19)6-13(14)10(3)16/h4-6,9-10,12,16-17H,7-8H2,1-3H3/t10-,12?/m1/s1. The van der Waals surface area contributed by atoms with Crippen molar-refractivity contribution < 1.29 is 24.6 Å². The van der Waals surface area contributed by atoms with E-state index < -0.39 is 17.1 Å². The monoisotopic (exact) mass is 299 g/mol. The fraction of sp³-hybridized carbons (Fsp3) is 0.571. The molecule has 0 aromatic heterocycles. The quantitative estimate of drug-likeness (QED) is 0.560. The zero-order valence-electron chi connectivity index (χ0n) is 12.4. The Morgan fingerprint density at radius 1 is 1.24 bits per heavy atom. The van der Waals surface area contributed by atoms with E-state index in [1.54, 1.807) is 0 Å². The molecule has 0 amide bonds. The number of aliphatic hydroxyl groups excluding tert-OH is 2. The van der Waals surface area contributed by atoms with E-state index in [9.17, 15) is 20.3 Å². The molecule has 1 unspecified atom stereocenters. The highest BCUT2D eigenvalue weighted by molar-refractivity contribution is 5.44. The van der Waals surface area contributed by atoms with Crippen molar-refractivity contribution in [3.05, 3.63) is 33.9 Å². The number of non-ortho nitro benzene ring substituents is 1. The lowest BCUT2D eigenvalue weighted by Gasteiger charge is -2.17. The van der Waals surface area contributed by atoms with Crippen LogP contribution < -0.4 is 4.74 Å². The Balaban J connectivity index is 2.72. The van der Waals surface area contributed by atoms with Crippen molar-refractivity contribution in [2.24, 2.45) is 0 Å². The lowest BCUT2D eigenvalue weighted by atomic mass is 10.1. The number of benzene rings is 1. The van der Waals surface area contributed by atoms with Crippen LogP contribution in [-0.4, -0.2) is 40.6 Å². The van der Waals surface area contributed by atoms with Crippen LogP contribution in [0.4, 0.5) is 5.69 Å². The zero-order valence-corrected chi connectivity index (χ0v) is 12.4. The highest BCUT2D eigenvalue weighted by atomic mass is 16.6. The molecule has 1 aromatic carbocycles. The Labute approximate surface area is 123 Å². The first-order chi connectivity index (χ1) is 9.81. The average Bonchev–Trinajstić information content (AvgIpc) is 2.42. The molecule has 0 fully saturated rings. The van der Waals surface area contributed by atoms with Gasteiger partial charge in [-0.3, -0.25) is 10.1 Å². The first kappa shape index (κ1) is 17.4. The highest BCUT2D eigenvalue weighted by Gasteiger charge is 2.16. The largest absolute Gasteiger partial charge is 0.490 e. The van der Waals surface area contributed by atoms with Crippen molar-refractivity contribution in [3.8, 4) is 5.75 Å². The number of ether oxygens (including phenoxy) is 2. The maximum atomic E-state index is 10.7. The molecule has 0 aliphatic heterocycles. The van der Waals surface area contributed by atoms with Crippen LogP contribution in [-0.2, 0) is 4.74 Å². The molecule has 7 heteroatoms. The van der Waals surface area contributed by atoms with Crippen molar-refractivity contribution in [2.75, 3.05) is 13.2 Å². The Morgan fingerprint density at radius 3 is 2.43 bits per heavy atom. The number of hydrogen-bond acceptors (Lipinski definition) is 6. The zero-order chi connectivity index (χ0) is 16.0. The summed E-state index contributed by atoms with van der Waals surface area (Å²) in [5.41, 5.74) is 0.183. The Bertz CT molecular complexity index is 475. The molecule has 0 saturated carbocycles. The molecule has 2 atom stereocenters. The summed E-state index contributed by atoms with van der Waals surface area (Å²) in [6, 6.07) is 3.96. The van der Waals surface area contributed by atoms with Gasteiger partial charge < -0.3 is 19.7 Å². The van der Waals surface area contributed by atoms with E-state index in [1.165, 1.54) is 25.1 Å². The second kappa shape index (κ2) is 7.92. The smallest absolute Gasteiger partial charge is 0.270 e. The van der Waals surface area contributed by atoms with Crippen LogP contribution in [0.1, 0.15) is 32.4 Å². The van der Waals surface area contributed by atoms with E-state index in [0.29, 0.717) is 11.3 Å². The van der Waals surface area contributed by atoms with Gasteiger partial charge in [-0.05, 0) is 26.8 Å². The molecule has 0 spiro atoms. The molecule has 0 saturated heterocycles. The third-order valence-electron chi connectivity index (χ3n) is 2.71. The summed E-state index contributed by atoms with van der Waals surface area (Å²) in [5.74, 6) is 0.305. The minimum Gasteiger partial charge on any atom is -0.490 e. The fourth-order valence-corrected chi connectivity index (χ4v) is 1.64. The third kappa shape index (κ3) is 5.66. The Hall–Kier alpha value is -1.70. The molecular formula is C14H21NO6. The number of rotatable bonds is 8. The first-order valence-electron chi connectivity index (χ1n) is 6.70. The van der Waals surface area contributed by atoms with Gasteiger partial charge in [-0.1, -0.05) is 0 Å². The SMILES string of the molecule is CC(C)OCC(O)COc1ccc([N+](=O)[O-])cc1[C@@H](C)O. The summed E-state index contributed by atoms with van der Waals surface area (Å²) >= 11 is 0. The van der Waals surface area contributed by atoms with Crippen molar-refractivity contribution in [3.63, 3.8) is 0 Å². The second-order valence-electron chi connectivity index (χ2n) is 5.00. The summed E-state index contributed by atoms with van der Waals surface area (Å²) in [6.45, 7) is 5.31. The summed E-state index contributed by atoms with van der Waals surface area (Å²) in [7, 11) is 0. The number of aliphatic hydroxyl groups is 2. The van der Waals surface area contributed by atoms with Crippen LogP contribution in [0.2, 0.25) is 0 Å². The molecule has 1 rings (SSSR count). The van der Waals surface area contributed by atoms with Crippen LogP contribution in [0.5, 0.6) is 5.75 Å². The maximum absolute atomic E-state index is 10.7. The second-order valence-corrected chi connectivity index (χ2v) is 5.00. The van der Waals surface area contributed by atoms with Crippen LogP contribution in [0, 0.1) is 10.1 Å². The number of nitro groups is 1. The van der Waals surface area contributed by atoms with Gasteiger partial charge in [0, 0.05) is 17.7 Å². The van der Waals surface area contributed by atoms with Crippen LogP contribution in [0.3, 0.4) is 0 Å². The molecule has 1 aromatic rings. The minimum absolute atomic E-state index is 0.00653. The summed E-state index contributed by atoms with van der Waals surface area (Å²) in [6.07, 6.45) is -1.72. The fourth-order valence-electron chi connectivity index (χ4n) is 1.64. The van der Waals surface area contributed by atoms with Gasteiger partial charge in [0.2, 0.25) is 0 Å². The van der Waals surface area contributed by atoms with Crippen LogP contribution >= 0.6 is 0 Å². The molecule has 7 nitrogen and oxygen atoms in total. The number of nitrogens with zero attached hydrogens (tertiary/aromatic N) is 1. The van der Waals surface area contributed by atoms with Crippen LogP contribution in [0.25, 0.3) is 0 Å². The normalized spacial score (nSPS) is 14.0. The van der Waals surface area contributed by atoms with Gasteiger partial charge in [0.15, 0.2) is 0 Å². The minimum atomic E-state index is -0.913. The highest BCUT2D eigenvalue weighted by Crippen LogP contribution is 2.29. The maximum Gasteiger partial charge on any atom is 0.270 e. The van der Waals surface area contributed by atoms with E-state index in [1.807, 2.05) is 13.8 Å². The number of hydrogen-bond donors (Lipinski definition) is 2. The van der Waals surface area contributed by atoms with Crippen molar-refractivity contribution in [1.82, 2.24) is 0 Å². The topological polar surface area (TPSA) is 102 Å². The van der Waals surface area contributed by atoms with Gasteiger partial charge in [-0.15, -0.1) is 0 Å². The molecule has 0 radical (unpaired) electrons. The Kier molecular flexibility index (Phi) is 6.54. The molecule has 0 aliphatic rings. The van der Waals surface area contributed by atoms with E-state index in [-0.39, 0.29) is 25.0 Å². The summed E-state index contributed by atoms with van der Waals surface area (Å²) < 4.78 is 10.7. The molecule has 0 bridgehead atoms.